The second kappa shape index (κ2) is 5.01. The summed E-state index contributed by atoms with van der Waals surface area (Å²) in [7, 11) is 0. The van der Waals surface area contributed by atoms with Crippen LogP contribution in [0.4, 0.5) is 0 Å². The second-order valence-electron chi connectivity index (χ2n) is 4.77. The first-order valence-electron chi connectivity index (χ1n) is 5.14. The third-order valence-electron chi connectivity index (χ3n) is 1.92. The van der Waals surface area contributed by atoms with E-state index in [2.05, 4.69) is 5.16 Å². The maximum Gasteiger partial charge on any atom is 0.323 e. The summed E-state index contributed by atoms with van der Waals surface area (Å²) in [5.41, 5.74) is 5.17. The van der Waals surface area contributed by atoms with Gasteiger partial charge in [-0.1, -0.05) is 16.8 Å². The van der Waals surface area contributed by atoms with Crippen molar-refractivity contribution in [2.75, 3.05) is 0 Å². The number of ether oxygens (including phenoxy) is 1. The third-order valence-corrected chi connectivity index (χ3v) is 2.15. The molecular formula is C10H17ClN2O3. The topological polar surface area (TPSA) is 73.9 Å². The number of hydrogen-bond acceptors (Lipinski definition) is 5. The molecule has 1 aliphatic heterocycles. The Hall–Kier alpha value is -0.810. The molecule has 16 heavy (non-hydrogen) atoms. The number of oxime groups is 1. The van der Waals surface area contributed by atoms with E-state index in [0.717, 1.165) is 0 Å². The van der Waals surface area contributed by atoms with Crippen molar-refractivity contribution in [1.29, 1.82) is 0 Å². The number of carbonyl (C=O) groups excluding carboxylic acids is 1. The molecule has 5 nitrogen and oxygen atoms in total. The van der Waals surface area contributed by atoms with Crippen LogP contribution in [0, 0.1) is 0 Å². The van der Waals surface area contributed by atoms with Crippen LogP contribution in [-0.4, -0.2) is 28.9 Å². The Morgan fingerprint density at radius 1 is 1.75 bits per heavy atom. The van der Waals surface area contributed by atoms with Crippen molar-refractivity contribution in [3.05, 3.63) is 0 Å². The van der Waals surface area contributed by atoms with Crippen LogP contribution in [-0.2, 0) is 14.4 Å². The molecule has 0 amide bonds. The number of nitrogens with zero attached hydrogens (tertiary/aromatic N) is 1. The molecule has 92 valence electrons. The summed E-state index contributed by atoms with van der Waals surface area (Å²) in [6.45, 7) is 5.39. The van der Waals surface area contributed by atoms with Gasteiger partial charge in [0.05, 0.1) is 0 Å². The Balaban J connectivity index is 2.35. The minimum absolute atomic E-state index is 0.227. The van der Waals surface area contributed by atoms with E-state index in [0.29, 0.717) is 18.0 Å². The standard InChI is InChI=1S/C10H17ClN2O3/c1-10(2,3)15-9(14)7(12)4-6-5-8(11)13-16-6/h6-7H,4-5,12H2,1-3H3/t6-,7+/m0/s1. The van der Waals surface area contributed by atoms with Crippen LogP contribution >= 0.6 is 11.6 Å². The molecule has 0 spiro atoms. The average Bonchev–Trinajstić information content (AvgIpc) is 2.48. The summed E-state index contributed by atoms with van der Waals surface area (Å²) in [6, 6.07) is -0.706. The third kappa shape index (κ3) is 4.37. The van der Waals surface area contributed by atoms with Crippen LogP contribution < -0.4 is 5.73 Å². The molecule has 0 aromatic carbocycles. The van der Waals surface area contributed by atoms with Crippen LogP contribution in [0.3, 0.4) is 0 Å². The minimum atomic E-state index is -0.706. The van der Waals surface area contributed by atoms with E-state index in [-0.39, 0.29) is 6.10 Å². The normalized spacial score (nSPS) is 22.3. The van der Waals surface area contributed by atoms with Crippen LogP contribution in [0.5, 0.6) is 0 Å². The predicted octanol–water partition coefficient (Wildman–Crippen LogP) is 1.39. The van der Waals surface area contributed by atoms with Gasteiger partial charge in [0.1, 0.15) is 22.9 Å². The quantitative estimate of drug-likeness (QED) is 0.766. The summed E-state index contributed by atoms with van der Waals surface area (Å²) >= 11 is 5.64. The van der Waals surface area contributed by atoms with Crippen LogP contribution in [0.25, 0.3) is 0 Å². The highest BCUT2D eigenvalue weighted by Crippen LogP contribution is 2.18. The van der Waals surface area contributed by atoms with Gasteiger partial charge in [-0.2, -0.15) is 0 Å². The summed E-state index contributed by atoms with van der Waals surface area (Å²) < 4.78 is 5.15. The van der Waals surface area contributed by atoms with Gasteiger partial charge in [0.15, 0.2) is 0 Å². The first kappa shape index (κ1) is 13.3. The van der Waals surface area contributed by atoms with E-state index in [1.165, 1.54) is 0 Å². The lowest BCUT2D eigenvalue weighted by molar-refractivity contribution is -0.157. The predicted molar refractivity (Wildman–Crippen MR) is 61.2 cm³/mol. The molecule has 0 fully saturated rings. The van der Waals surface area contributed by atoms with Crippen molar-refractivity contribution in [2.45, 2.75) is 51.4 Å². The van der Waals surface area contributed by atoms with Gasteiger partial charge in [0, 0.05) is 12.8 Å². The van der Waals surface area contributed by atoms with E-state index >= 15 is 0 Å². The number of rotatable bonds is 3. The molecule has 2 N–H and O–H groups in total. The summed E-state index contributed by atoms with van der Waals surface area (Å²) in [5.74, 6) is -0.431. The molecule has 6 heteroatoms. The molecule has 0 saturated carbocycles. The monoisotopic (exact) mass is 248 g/mol. The maximum atomic E-state index is 11.6. The highest BCUT2D eigenvalue weighted by molar-refractivity contribution is 6.65. The van der Waals surface area contributed by atoms with Crippen molar-refractivity contribution < 1.29 is 14.4 Å². The Morgan fingerprint density at radius 2 is 2.38 bits per heavy atom. The van der Waals surface area contributed by atoms with E-state index < -0.39 is 17.6 Å². The van der Waals surface area contributed by atoms with Crippen LogP contribution in [0.1, 0.15) is 33.6 Å². The largest absolute Gasteiger partial charge is 0.459 e. The summed E-state index contributed by atoms with van der Waals surface area (Å²) in [5, 5.41) is 3.98. The van der Waals surface area contributed by atoms with Gasteiger partial charge < -0.3 is 15.3 Å². The average molecular weight is 249 g/mol. The zero-order valence-electron chi connectivity index (χ0n) is 9.70. The molecule has 0 saturated heterocycles. The van der Waals surface area contributed by atoms with Crippen molar-refractivity contribution >= 4 is 22.7 Å². The molecule has 0 aliphatic carbocycles. The molecule has 0 unspecified atom stereocenters. The van der Waals surface area contributed by atoms with Crippen molar-refractivity contribution in [2.24, 2.45) is 10.9 Å². The van der Waals surface area contributed by atoms with E-state index in [4.69, 9.17) is 26.9 Å². The Bertz CT molecular complexity index is 299. The first-order chi connectivity index (χ1) is 7.28. The van der Waals surface area contributed by atoms with E-state index in [1.54, 1.807) is 20.8 Å². The van der Waals surface area contributed by atoms with Crippen LogP contribution in [0.15, 0.2) is 5.16 Å². The van der Waals surface area contributed by atoms with Gasteiger partial charge in [0.25, 0.3) is 0 Å². The molecule has 0 aromatic rings. The Morgan fingerprint density at radius 3 is 2.81 bits per heavy atom. The fourth-order valence-electron chi connectivity index (χ4n) is 1.28. The lowest BCUT2D eigenvalue weighted by Gasteiger charge is -2.22. The van der Waals surface area contributed by atoms with Gasteiger partial charge in [-0.15, -0.1) is 0 Å². The molecule has 0 radical (unpaired) electrons. The molecule has 0 bridgehead atoms. The lowest BCUT2D eigenvalue weighted by Crippen LogP contribution is -2.39. The number of carbonyl (C=O) groups is 1. The summed E-state index contributed by atoms with van der Waals surface area (Å²) in [4.78, 5) is 16.5. The Labute approximate surface area is 99.9 Å². The first-order valence-corrected chi connectivity index (χ1v) is 5.52. The fraction of sp³-hybridized carbons (Fsp3) is 0.800. The molecule has 1 heterocycles. The SMILES string of the molecule is CC(C)(C)OC(=O)[C@H](N)C[C@H]1CC(Cl)=NO1. The molecular weight excluding hydrogens is 232 g/mol. The van der Waals surface area contributed by atoms with Crippen molar-refractivity contribution in [3.8, 4) is 0 Å². The van der Waals surface area contributed by atoms with Crippen molar-refractivity contribution in [3.63, 3.8) is 0 Å². The van der Waals surface area contributed by atoms with Gasteiger partial charge in [-0.25, -0.2) is 0 Å². The van der Waals surface area contributed by atoms with E-state index in [1.807, 2.05) is 0 Å². The Kier molecular flexibility index (Phi) is 4.15. The maximum absolute atomic E-state index is 11.6. The van der Waals surface area contributed by atoms with Crippen LogP contribution in [0.2, 0.25) is 0 Å². The number of nitrogens with two attached hydrogens (primary N) is 1. The lowest BCUT2D eigenvalue weighted by atomic mass is 10.1. The smallest absolute Gasteiger partial charge is 0.323 e. The molecule has 1 aliphatic rings. The molecule has 2 atom stereocenters. The van der Waals surface area contributed by atoms with Crippen molar-refractivity contribution in [1.82, 2.24) is 0 Å². The second-order valence-corrected chi connectivity index (χ2v) is 5.21. The van der Waals surface area contributed by atoms with Gasteiger partial charge in [-0.05, 0) is 20.8 Å². The fourth-order valence-corrected chi connectivity index (χ4v) is 1.49. The zero-order chi connectivity index (χ0) is 12.3. The molecule has 0 aromatic heterocycles. The zero-order valence-corrected chi connectivity index (χ0v) is 10.5. The van der Waals surface area contributed by atoms with Gasteiger partial charge in [0.2, 0.25) is 0 Å². The molecule has 1 rings (SSSR count). The van der Waals surface area contributed by atoms with Gasteiger partial charge in [-0.3, -0.25) is 4.79 Å². The number of esters is 1. The minimum Gasteiger partial charge on any atom is -0.459 e. The highest BCUT2D eigenvalue weighted by Gasteiger charge is 2.28. The van der Waals surface area contributed by atoms with Gasteiger partial charge >= 0.3 is 5.97 Å². The number of hydrogen-bond donors (Lipinski definition) is 1. The highest BCUT2D eigenvalue weighted by atomic mass is 35.5. The number of halogens is 1. The summed E-state index contributed by atoms with van der Waals surface area (Å²) in [6.07, 6.45) is 0.627. The van der Waals surface area contributed by atoms with E-state index in [9.17, 15) is 4.79 Å².